The Morgan fingerprint density at radius 2 is 0.942 bits per heavy atom. The molecular weight excluding hydrogens is 1490 g/mol. The summed E-state index contributed by atoms with van der Waals surface area (Å²) in [6.07, 6.45) is 8.11. The van der Waals surface area contributed by atoms with Gasteiger partial charge in [-0.05, 0) is 159 Å². The van der Waals surface area contributed by atoms with Crippen LogP contribution in [0.2, 0.25) is 15.1 Å². The second kappa shape index (κ2) is 35.8. The molecule has 4 aromatic heterocycles. The Balaban J connectivity index is 0.000000198. The van der Waals surface area contributed by atoms with Gasteiger partial charge in [-0.1, -0.05) is 72.9 Å². The van der Waals surface area contributed by atoms with E-state index >= 15 is 0 Å². The van der Waals surface area contributed by atoms with Gasteiger partial charge >= 0.3 is 0 Å². The van der Waals surface area contributed by atoms with Crippen molar-refractivity contribution < 1.29 is 49.5 Å². The number of aromatic nitrogens is 7. The smallest absolute Gasteiger partial charge is 0.245 e. The van der Waals surface area contributed by atoms with Crippen molar-refractivity contribution in [2.45, 2.75) is 68.7 Å². The van der Waals surface area contributed by atoms with Gasteiger partial charge < -0.3 is 69.4 Å². The summed E-state index contributed by atoms with van der Waals surface area (Å²) in [6, 6.07) is 33.7. The number of halogens is 3. The first-order valence-electron chi connectivity index (χ1n) is 32.9. The topological polar surface area (TPSA) is 325 Å². The number of hydrogen-bond donors (Lipinski definition) is 6. The molecule has 10 rings (SSSR count). The number of rotatable bonds is 27. The zero-order chi connectivity index (χ0) is 75.9. The first-order chi connectivity index (χ1) is 49.2. The lowest BCUT2D eigenvalue weighted by Crippen LogP contribution is -2.37. The summed E-state index contributed by atoms with van der Waals surface area (Å²) in [7, 11) is -10.1. The van der Waals surface area contributed by atoms with Crippen LogP contribution in [0.5, 0.6) is 17.2 Å². The molecule has 1 aliphatic heterocycles. The summed E-state index contributed by atoms with van der Waals surface area (Å²) < 4.78 is 113. The van der Waals surface area contributed by atoms with Crippen molar-refractivity contribution in [2.75, 3.05) is 131 Å². The number of para-hydroxylation sites is 2. The zero-order valence-corrected chi connectivity index (χ0v) is 66.8. The quantitative estimate of drug-likeness (QED) is 0.0261. The fourth-order valence-corrected chi connectivity index (χ4v) is 16.5. The van der Waals surface area contributed by atoms with Crippen LogP contribution in [-0.4, -0.2) is 161 Å². The highest BCUT2D eigenvalue weighted by atomic mass is 35.5. The molecule has 0 saturated carbocycles. The number of anilines is 13. The number of sulfonamides is 1. The third kappa shape index (κ3) is 21.1. The van der Waals surface area contributed by atoms with E-state index in [1.807, 2.05) is 43.3 Å². The highest BCUT2D eigenvalue weighted by molar-refractivity contribution is 7.92. The number of pyridine rings is 1. The Morgan fingerprint density at radius 1 is 0.519 bits per heavy atom. The van der Waals surface area contributed by atoms with Crippen molar-refractivity contribution in [1.82, 2.24) is 39.2 Å². The van der Waals surface area contributed by atoms with E-state index in [2.05, 4.69) is 77.8 Å². The summed E-state index contributed by atoms with van der Waals surface area (Å²) in [5.74, 6) is 3.26. The normalized spacial score (nSPS) is 12.9. The molecule has 1 aliphatic rings. The van der Waals surface area contributed by atoms with Crippen molar-refractivity contribution in [2.24, 2.45) is 0 Å². The summed E-state index contributed by atoms with van der Waals surface area (Å²) >= 11 is 19.0. The lowest BCUT2D eigenvalue weighted by atomic mass is 10.1. The van der Waals surface area contributed by atoms with Crippen LogP contribution in [0.15, 0.2) is 150 Å². The molecule has 9 aromatic rings. The minimum atomic E-state index is -3.72. The second-order valence-corrected chi connectivity index (χ2v) is 40.0. The first-order valence-corrected chi connectivity index (χ1v) is 44.8. The number of sulfone groups is 1. The number of piperidine rings is 1. The number of ether oxygens (including phenoxy) is 4. The van der Waals surface area contributed by atoms with Crippen molar-refractivity contribution in [3.8, 4) is 17.2 Å². The van der Waals surface area contributed by atoms with Crippen LogP contribution < -0.4 is 66.9 Å². The molecule has 5 heterocycles. The molecule has 104 heavy (non-hydrogen) atoms. The fourth-order valence-electron chi connectivity index (χ4n) is 10.5. The van der Waals surface area contributed by atoms with Crippen LogP contribution in [-0.2, 0) is 38.3 Å². The summed E-state index contributed by atoms with van der Waals surface area (Å²) in [5.41, 5.74) is 4.27. The van der Waals surface area contributed by atoms with E-state index in [0.717, 1.165) is 49.2 Å². The van der Waals surface area contributed by atoms with E-state index in [9.17, 15) is 30.5 Å². The van der Waals surface area contributed by atoms with Gasteiger partial charge in [0.05, 0.1) is 85.4 Å². The van der Waals surface area contributed by atoms with Crippen molar-refractivity contribution in [3.05, 3.63) is 155 Å². The van der Waals surface area contributed by atoms with Crippen molar-refractivity contribution >= 4 is 167 Å². The van der Waals surface area contributed by atoms with E-state index < -0.39 is 46.5 Å². The van der Waals surface area contributed by atoms with E-state index in [4.69, 9.17) is 53.8 Å². The molecule has 1 saturated heterocycles. The Labute approximate surface area is 623 Å². The molecule has 0 radical (unpaired) electrons. The standard InChI is InChI=1S/C26H33ClN5O3P.C23H29ClN5O4PS.C21H25ClN5O4PS/c1-5-35-19-12-14-32(15-13-19)18-10-11-21(23(16-18)34-2)30-26-28-17-20(27)25(31-26)29-22-8-6-7-9-24(22)36(3,4)33;1-6-29(7-2)35(31,32)21-11-9-8-10-19(21)26-22-17(24)15-25-23(28-22)27-18-13-12-16(34(4,5)30)14-20(18)33-3;1-13(2)33(29,30)20-17(7-6-10-23-20)25-19-15(22)12-24-21(27-19)26-16-9-8-14(32(4,5)28)11-18(16)31-3/h6-11,16-17,19H,5,12-15H2,1-4H3,(H2,28,29,30,31);8-15H,6-7H2,1-5H3,(H2,25,26,27,28);6-13H,1-5H3,(H2,24,25,26,27). The molecule has 0 aliphatic carbocycles. The number of nitrogens with one attached hydrogen (secondary N) is 6. The molecule has 0 bridgehead atoms. The van der Waals surface area contributed by atoms with Gasteiger partial charge in [0.25, 0.3) is 0 Å². The van der Waals surface area contributed by atoms with Crippen LogP contribution in [0.3, 0.4) is 0 Å². The maximum absolute atomic E-state index is 13.1. The molecular formula is C70H87Cl3N15O11P3S2. The molecule has 0 spiro atoms. The monoisotopic (exact) mass is 1580 g/mol. The third-order valence-corrected chi connectivity index (χ3v) is 25.7. The highest BCUT2D eigenvalue weighted by Crippen LogP contribution is 2.42. The predicted octanol–water partition coefficient (Wildman–Crippen LogP) is 15.2. The molecule has 0 atom stereocenters. The molecule has 34 heteroatoms. The summed E-state index contributed by atoms with van der Waals surface area (Å²) in [6.45, 7) is 22.3. The zero-order valence-electron chi connectivity index (χ0n) is 60.2. The largest absolute Gasteiger partial charge is 0.495 e. The summed E-state index contributed by atoms with van der Waals surface area (Å²) in [5, 5.41) is 20.7. The van der Waals surface area contributed by atoms with Gasteiger partial charge in [-0.25, -0.2) is 36.8 Å². The average Bonchev–Trinajstić information content (AvgIpc) is 0.787. The van der Waals surface area contributed by atoms with Crippen LogP contribution >= 0.6 is 56.2 Å². The molecule has 5 aromatic carbocycles. The van der Waals surface area contributed by atoms with E-state index in [1.54, 1.807) is 142 Å². The molecule has 556 valence electrons. The summed E-state index contributed by atoms with van der Waals surface area (Å²) in [4.78, 5) is 32.6. The molecule has 0 unspecified atom stereocenters. The fraction of sp³-hybridized carbons (Fsp3) is 0.329. The van der Waals surface area contributed by atoms with E-state index in [1.165, 1.54) is 49.4 Å². The first kappa shape index (κ1) is 81.5. The van der Waals surface area contributed by atoms with Gasteiger partial charge in [-0.2, -0.15) is 19.3 Å². The maximum atomic E-state index is 13.1. The minimum Gasteiger partial charge on any atom is -0.495 e. The number of methoxy groups -OCH3 is 3. The minimum absolute atomic E-state index is 0.0926. The third-order valence-electron chi connectivity index (χ3n) is 16.1. The SMILES string of the molecule is CCN(CC)S(=O)(=O)c1ccccc1Nc1nc(Nc2ccc(P(C)(C)=O)cc2OC)ncc1Cl.CCOC1CCN(c2ccc(Nc3ncc(Cl)c(Nc4ccccc4P(C)(C)=O)n3)c(OC)c2)CC1.COc1cc(P(C)(C)=O)ccc1Nc1ncc(Cl)c(Nc2cccnc2S(=O)(=O)C(C)C)n1. The van der Waals surface area contributed by atoms with E-state index in [0.29, 0.717) is 86.6 Å². The van der Waals surface area contributed by atoms with Crippen molar-refractivity contribution in [1.29, 1.82) is 0 Å². The number of hydrogen-bond acceptors (Lipinski definition) is 25. The molecule has 26 nitrogen and oxygen atoms in total. The van der Waals surface area contributed by atoms with Gasteiger partial charge in [-0.15, -0.1) is 0 Å². The second-order valence-electron chi connectivity index (χ2n) is 24.8. The number of benzene rings is 5. The Morgan fingerprint density at radius 3 is 1.38 bits per heavy atom. The van der Waals surface area contributed by atoms with Gasteiger partial charge in [-0.3, -0.25) is 0 Å². The van der Waals surface area contributed by atoms with Gasteiger partial charge in [0.2, 0.25) is 27.9 Å². The van der Waals surface area contributed by atoms with Gasteiger partial charge in [0.1, 0.15) is 58.6 Å². The Hall–Kier alpha value is -8.13. The van der Waals surface area contributed by atoms with Crippen LogP contribution in [0.1, 0.15) is 47.5 Å². The van der Waals surface area contributed by atoms with Crippen LogP contribution in [0.4, 0.5) is 75.1 Å². The molecule has 6 N–H and O–H groups in total. The van der Waals surface area contributed by atoms with Crippen molar-refractivity contribution in [3.63, 3.8) is 0 Å². The maximum Gasteiger partial charge on any atom is 0.245 e. The predicted molar refractivity (Wildman–Crippen MR) is 423 cm³/mol. The Bertz CT molecular complexity index is 4890. The highest BCUT2D eigenvalue weighted by Gasteiger charge is 2.28. The number of nitrogens with zero attached hydrogens (tertiary/aromatic N) is 9. The van der Waals surface area contributed by atoms with E-state index in [-0.39, 0.29) is 49.2 Å². The lowest BCUT2D eigenvalue weighted by molar-refractivity contribution is 0.0459. The van der Waals surface area contributed by atoms with Gasteiger partial charge in [0.15, 0.2) is 32.3 Å². The average molecular weight is 1580 g/mol. The Kier molecular flexibility index (Phi) is 28.0. The van der Waals surface area contributed by atoms with Crippen LogP contribution in [0.25, 0.3) is 0 Å². The van der Waals surface area contributed by atoms with Crippen LogP contribution in [0, 0.1) is 0 Å². The molecule has 1 fully saturated rings. The molecule has 0 amide bonds. The van der Waals surface area contributed by atoms with Gasteiger partial charge in [0, 0.05) is 66.7 Å². The lowest BCUT2D eigenvalue weighted by Gasteiger charge is -2.33.